The predicted molar refractivity (Wildman–Crippen MR) is 76.9 cm³/mol. The fourth-order valence-corrected chi connectivity index (χ4v) is 3.29. The number of rotatable bonds is 5. The average Bonchev–Trinajstić information content (AvgIpc) is 2.82. The third kappa shape index (κ3) is 4.54. The van der Waals surface area contributed by atoms with Gasteiger partial charge in [0, 0.05) is 21.6 Å². The largest absolute Gasteiger partial charge is 0.478 e. The number of aliphatic carboxylic acids is 1. The van der Waals surface area contributed by atoms with Crippen molar-refractivity contribution in [1.82, 2.24) is 0 Å². The van der Waals surface area contributed by atoms with Crippen molar-refractivity contribution in [3.63, 3.8) is 0 Å². The minimum Gasteiger partial charge on any atom is -0.478 e. The molecule has 2 aromatic rings. The molecule has 1 aromatic carbocycles. The summed E-state index contributed by atoms with van der Waals surface area (Å²) in [6.45, 7) is 0. The monoisotopic (exact) mass is 294 g/mol. The Kier molecular flexibility index (Phi) is 4.76. The number of hydrogen-bond donors (Lipinski definition) is 1. The van der Waals surface area contributed by atoms with Crippen LogP contribution in [0.5, 0.6) is 0 Å². The number of thioether (sulfide) groups is 1. The van der Waals surface area contributed by atoms with Crippen LogP contribution < -0.4 is 0 Å². The second-order valence-electron chi connectivity index (χ2n) is 3.76. The summed E-state index contributed by atoms with van der Waals surface area (Å²) in [4.78, 5) is 12.4. The van der Waals surface area contributed by atoms with E-state index >= 15 is 0 Å². The summed E-state index contributed by atoms with van der Waals surface area (Å²) in [6.07, 6.45) is 2.68. The Morgan fingerprint density at radius 1 is 1.42 bits per heavy atom. The van der Waals surface area contributed by atoms with E-state index in [0.29, 0.717) is 0 Å². The van der Waals surface area contributed by atoms with Crippen molar-refractivity contribution >= 4 is 35.1 Å². The molecule has 2 nitrogen and oxygen atoms in total. The summed E-state index contributed by atoms with van der Waals surface area (Å²) < 4.78 is 13.0. The molecule has 1 heterocycles. The van der Waals surface area contributed by atoms with Crippen LogP contribution in [0.15, 0.2) is 46.7 Å². The van der Waals surface area contributed by atoms with Crippen molar-refractivity contribution in [2.45, 2.75) is 10.6 Å². The average molecular weight is 294 g/mol. The third-order valence-corrected chi connectivity index (χ3v) is 4.45. The van der Waals surface area contributed by atoms with Crippen molar-refractivity contribution in [2.75, 3.05) is 0 Å². The number of carbonyl (C=O) groups is 1. The van der Waals surface area contributed by atoms with Crippen LogP contribution in [0, 0.1) is 5.82 Å². The van der Waals surface area contributed by atoms with E-state index in [1.54, 1.807) is 35.2 Å². The van der Waals surface area contributed by atoms with Crippen LogP contribution in [-0.2, 0) is 10.5 Å². The summed E-state index contributed by atoms with van der Waals surface area (Å²) in [5.41, 5.74) is 0.877. The minimum absolute atomic E-state index is 0.235. The van der Waals surface area contributed by atoms with Crippen molar-refractivity contribution in [1.29, 1.82) is 0 Å². The number of carboxylic acids is 1. The van der Waals surface area contributed by atoms with Crippen molar-refractivity contribution < 1.29 is 14.3 Å². The first-order chi connectivity index (χ1) is 9.13. The molecular formula is C14H11FO2S2. The Morgan fingerprint density at radius 3 is 3.00 bits per heavy atom. The number of hydrogen-bond acceptors (Lipinski definition) is 3. The fourth-order valence-electron chi connectivity index (χ4n) is 1.44. The molecule has 2 rings (SSSR count). The minimum atomic E-state index is -0.957. The molecule has 0 amide bonds. The van der Waals surface area contributed by atoms with Crippen molar-refractivity contribution in [2.24, 2.45) is 0 Å². The van der Waals surface area contributed by atoms with E-state index < -0.39 is 5.97 Å². The maximum Gasteiger partial charge on any atom is 0.328 e. The van der Waals surface area contributed by atoms with Crippen molar-refractivity contribution in [3.05, 3.63) is 58.0 Å². The quantitative estimate of drug-likeness (QED) is 0.660. The van der Waals surface area contributed by atoms with Crippen LogP contribution in [0.25, 0.3) is 6.08 Å². The van der Waals surface area contributed by atoms with Gasteiger partial charge in [0.05, 0.1) is 0 Å². The molecule has 0 spiro atoms. The van der Waals surface area contributed by atoms with E-state index in [9.17, 15) is 9.18 Å². The lowest BCUT2D eigenvalue weighted by molar-refractivity contribution is -0.131. The lowest BCUT2D eigenvalue weighted by atomic mass is 10.3. The van der Waals surface area contributed by atoms with Crippen LogP contribution in [0.1, 0.15) is 10.4 Å². The predicted octanol–water partition coefficient (Wildman–Crippen LogP) is 4.28. The molecule has 0 atom stereocenters. The molecule has 1 aromatic heterocycles. The van der Waals surface area contributed by atoms with Gasteiger partial charge in [0.25, 0.3) is 0 Å². The molecule has 1 N–H and O–H groups in total. The smallest absolute Gasteiger partial charge is 0.328 e. The molecule has 0 saturated heterocycles. The highest BCUT2D eigenvalue weighted by Gasteiger charge is 2.01. The van der Waals surface area contributed by atoms with E-state index in [-0.39, 0.29) is 5.82 Å². The van der Waals surface area contributed by atoms with E-state index in [2.05, 4.69) is 0 Å². The standard InChI is InChI=1S/C14H11FO2S2/c15-11-2-1-3-12(7-11)19-9-13-6-10(8-18-13)4-5-14(16)17/h1-8H,9H2,(H,16,17). The van der Waals surface area contributed by atoms with Gasteiger partial charge in [-0.2, -0.15) is 0 Å². The highest BCUT2D eigenvalue weighted by atomic mass is 32.2. The van der Waals surface area contributed by atoms with Crippen molar-refractivity contribution in [3.8, 4) is 0 Å². The van der Waals surface area contributed by atoms with Gasteiger partial charge in [0.1, 0.15) is 5.82 Å². The molecule has 5 heteroatoms. The molecule has 0 aliphatic heterocycles. The highest BCUT2D eigenvalue weighted by molar-refractivity contribution is 7.98. The molecule has 0 bridgehead atoms. The first-order valence-corrected chi connectivity index (χ1v) is 7.37. The van der Waals surface area contributed by atoms with Crippen LogP contribution >= 0.6 is 23.1 Å². The summed E-state index contributed by atoms with van der Waals surface area (Å²) >= 11 is 3.12. The number of carboxylic acid groups (broad SMARTS) is 1. The molecule has 0 aliphatic rings. The topological polar surface area (TPSA) is 37.3 Å². The number of halogens is 1. The van der Waals surface area contributed by atoms with E-state index in [1.165, 1.54) is 12.1 Å². The molecular weight excluding hydrogens is 283 g/mol. The lowest BCUT2D eigenvalue weighted by Crippen LogP contribution is -1.84. The Balaban J connectivity index is 1.95. The fraction of sp³-hybridized carbons (Fsp3) is 0.0714. The normalized spacial score (nSPS) is 11.0. The zero-order valence-electron chi connectivity index (χ0n) is 9.88. The maximum absolute atomic E-state index is 13.0. The summed E-state index contributed by atoms with van der Waals surface area (Å²) in [5, 5.41) is 10.4. The first kappa shape index (κ1) is 13.8. The van der Waals surface area contributed by atoms with E-state index in [1.807, 2.05) is 17.5 Å². The van der Waals surface area contributed by atoms with E-state index in [0.717, 1.165) is 27.2 Å². The Bertz CT molecular complexity index is 605. The molecule has 0 aliphatic carbocycles. The van der Waals surface area contributed by atoms with Gasteiger partial charge in [-0.15, -0.1) is 23.1 Å². The Labute approximate surface area is 118 Å². The molecule has 0 radical (unpaired) electrons. The van der Waals surface area contributed by atoms with Gasteiger partial charge < -0.3 is 5.11 Å². The zero-order valence-corrected chi connectivity index (χ0v) is 11.5. The van der Waals surface area contributed by atoms with Crippen LogP contribution in [0.2, 0.25) is 0 Å². The summed E-state index contributed by atoms with van der Waals surface area (Å²) in [7, 11) is 0. The van der Waals surface area contributed by atoms with Gasteiger partial charge >= 0.3 is 5.97 Å². The second kappa shape index (κ2) is 6.54. The summed E-state index contributed by atoms with van der Waals surface area (Å²) in [5.74, 6) is -0.446. The Hall–Kier alpha value is -1.59. The second-order valence-corrected chi connectivity index (χ2v) is 5.81. The SMILES string of the molecule is O=C(O)C=Cc1csc(CSc2cccc(F)c2)c1. The molecule has 98 valence electrons. The number of benzene rings is 1. The number of thiophene rings is 1. The van der Waals surface area contributed by atoms with Gasteiger partial charge in [0.15, 0.2) is 0 Å². The van der Waals surface area contributed by atoms with Gasteiger partial charge in [-0.1, -0.05) is 6.07 Å². The summed E-state index contributed by atoms with van der Waals surface area (Å²) in [6, 6.07) is 8.42. The lowest BCUT2D eigenvalue weighted by Gasteiger charge is -1.99. The van der Waals surface area contributed by atoms with Crippen LogP contribution in [0.3, 0.4) is 0 Å². The Morgan fingerprint density at radius 2 is 2.26 bits per heavy atom. The molecule has 19 heavy (non-hydrogen) atoms. The first-order valence-electron chi connectivity index (χ1n) is 5.50. The van der Waals surface area contributed by atoms with Crippen LogP contribution in [-0.4, -0.2) is 11.1 Å². The molecule has 0 unspecified atom stereocenters. The van der Waals surface area contributed by atoms with Gasteiger partial charge in [-0.25, -0.2) is 9.18 Å². The zero-order chi connectivity index (χ0) is 13.7. The maximum atomic E-state index is 13.0. The molecule has 0 saturated carbocycles. The van der Waals surface area contributed by atoms with Gasteiger partial charge in [0.2, 0.25) is 0 Å². The highest BCUT2D eigenvalue weighted by Crippen LogP contribution is 2.27. The van der Waals surface area contributed by atoms with Crippen LogP contribution in [0.4, 0.5) is 4.39 Å². The third-order valence-electron chi connectivity index (χ3n) is 2.27. The van der Waals surface area contributed by atoms with Gasteiger partial charge in [-0.3, -0.25) is 0 Å². The molecule has 0 fully saturated rings. The van der Waals surface area contributed by atoms with E-state index in [4.69, 9.17) is 5.11 Å². The van der Waals surface area contributed by atoms with Gasteiger partial charge in [-0.05, 0) is 41.3 Å².